The van der Waals surface area contributed by atoms with Crippen molar-refractivity contribution in [3.63, 3.8) is 0 Å². The SMILES string of the molecule is CSc1cc[c-]cc1.[Cl-].[Mg+2]. The molecule has 0 spiro atoms. The number of hydrogen-bond acceptors (Lipinski definition) is 1. The van der Waals surface area contributed by atoms with Gasteiger partial charge in [0.1, 0.15) is 0 Å². The Hall–Kier alpha value is 0.626. The molecule has 0 aliphatic carbocycles. The molecule has 0 radical (unpaired) electrons. The van der Waals surface area contributed by atoms with Gasteiger partial charge in [0.25, 0.3) is 0 Å². The molecule has 0 nitrogen and oxygen atoms in total. The van der Waals surface area contributed by atoms with Crippen LogP contribution in [0.4, 0.5) is 0 Å². The van der Waals surface area contributed by atoms with Gasteiger partial charge in [0.15, 0.2) is 0 Å². The van der Waals surface area contributed by atoms with E-state index in [1.165, 1.54) is 4.90 Å². The predicted octanol–water partition coefficient (Wildman–Crippen LogP) is -1.17. The molecule has 0 heterocycles. The second-order valence-corrected chi connectivity index (χ2v) is 2.32. The van der Waals surface area contributed by atoms with Gasteiger partial charge in [0.05, 0.1) is 0 Å². The van der Waals surface area contributed by atoms with E-state index in [4.69, 9.17) is 0 Å². The van der Waals surface area contributed by atoms with Crippen LogP contribution in [0.25, 0.3) is 0 Å². The van der Waals surface area contributed by atoms with E-state index in [-0.39, 0.29) is 35.5 Å². The maximum absolute atomic E-state index is 2.95. The molecule has 0 aliphatic heterocycles. The summed E-state index contributed by atoms with van der Waals surface area (Å²) in [4.78, 5) is 1.30. The summed E-state index contributed by atoms with van der Waals surface area (Å²) < 4.78 is 0. The summed E-state index contributed by atoms with van der Waals surface area (Å²) in [7, 11) is 0. The molecule has 0 atom stereocenters. The third kappa shape index (κ3) is 4.44. The standard InChI is InChI=1S/C7H7S.ClH.Mg/c1-8-7-5-3-2-4-6-7;;/h3-6H,1H3;1H;/q-1;;+2/p-1. The summed E-state index contributed by atoms with van der Waals surface area (Å²) in [6, 6.07) is 10.9. The van der Waals surface area contributed by atoms with E-state index in [9.17, 15) is 0 Å². The van der Waals surface area contributed by atoms with E-state index in [0.717, 1.165) is 0 Å². The Kier molecular flexibility index (Phi) is 10.2. The Morgan fingerprint density at radius 1 is 1.30 bits per heavy atom. The molecule has 0 fully saturated rings. The van der Waals surface area contributed by atoms with Gasteiger partial charge in [0, 0.05) is 0 Å². The monoisotopic (exact) mass is 182 g/mol. The third-order valence-electron chi connectivity index (χ3n) is 0.923. The van der Waals surface area contributed by atoms with E-state index < -0.39 is 0 Å². The third-order valence-corrected chi connectivity index (χ3v) is 1.67. The average Bonchev–Trinajstić information content (AvgIpc) is 1.90. The van der Waals surface area contributed by atoms with Crippen molar-refractivity contribution in [1.82, 2.24) is 0 Å². The molecule has 0 amide bonds. The number of thioether (sulfide) groups is 1. The average molecular weight is 183 g/mol. The van der Waals surface area contributed by atoms with Crippen molar-refractivity contribution in [2.24, 2.45) is 0 Å². The minimum absolute atomic E-state index is 0. The molecule has 10 heavy (non-hydrogen) atoms. The van der Waals surface area contributed by atoms with Gasteiger partial charge in [-0.3, -0.25) is 0 Å². The summed E-state index contributed by atoms with van der Waals surface area (Å²) in [5.41, 5.74) is 0. The maximum Gasteiger partial charge on any atom is 2.00 e. The first-order chi connectivity index (χ1) is 3.93. The molecule has 1 aromatic rings. The maximum atomic E-state index is 2.95. The van der Waals surface area contributed by atoms with Crippen LogP contribution >= 0.6 is 11.8 Å². The fourth-order valence-electron chi connectivity index (χ4n) is 0.508. The van der Waals surface area contributed by atoms with Crippen LogP contribution in [0.5, 0.6) is 0 Å². The van der Waals surface area contributed by atoms with Gasteiger partial charge in [-0.05, 0) is 6.26 Å². The fourth-order valence-corrected chi connectivity index (χ4v) is 0.916. The zero-order valence-electron chi connectivity index (χ0n) is 5.80. The minimum Gasteiger partial charge on any atom is -1.00 e. The van der Waals surface area contributed by atoms with Crippen molar-refractivity contribution in [2.75, 3.05) is 6.26 Å². The van der Waals surface area contributed by atoms with Crippen molar-refractivity contribution < 1.29 is 12.4 Å². The molecule has 0 N–H and O–H groups in total. The number of rotatable bonds is 1. The first-order valence-corrected chi connectivity index (χ1v) is 3.66. The Morgan fingerprint density at radius 3 is 2.10 bits per heavy atom. The molecular formula is C7H7ClMgS. The van der Waals surface area contributed by atoms with Crippen molar-refractivity contribution >= 4 is 34.8 Å². The molecule has 1 rings (SSSR count). The normalized spacial score (nSPS) is 7.30. The molecule has 0 saturated carbocycles. The van der Waals surface area contributed by atoms with Crippen LogP contribution in [-0.2, 0) is 0 Å². The summed E-state index contributed by atoms with van der Waals surface area (Å²) in [6.07, 6.45) is 2.06. The smallest absolute Gasteiger partial charge is 1.00 e. The van der Waals surface area contributed by atoms with Crippen molar-refractivity contribution in [1.29, 1.82) is 0 Å². The van der Waals surface area contributed by atoms with Gasteiger partial charge in [-0.2, -0.15) is 42.1 Å². The van der Waals surface area contributed by atoms with Gasteiger partial charge >= 0.3 is 23.1 Å². The van der Waals surface area contributed by atoms with Crippen molar-refractivity contribution in [2.45, 2.75) is 4.90 Å². The number of hydrogen-bond donors (Lipinski definition) is 0. The van der Waals surface area contributed by atoms with E-state index in [1.807, 2.05) is 24.3 Å². The van der Waals surface area contributed by atoms with E-state index >= 15 is 0 Å². The quantitative estimate of drug-likeness (QED) is 0.300. The summed E-state index contributed by atoms with van der Waals surface area (Å²) in [5.74, 6) is 0. The molecule has 0 saturated heterocycles. The van der Waals surface area contributed by atoms with Crippen LogP contribution in [0.2, 0.25) is 0 Å². The molecule has 0 aromatic heterocycles. The van der Waals surface area contributed by atoms with Gasteiger partial charge in [-0.25, -0.2) is 0 Å². The Labute approximate surface area is 88.3 Å². The molecule has 50 valence electrons. The zero-order valence-corrected chi connectivity index (χ0v) is 8.79. The predicted molar refractivity (Wildman–Crippen MR) is 42.8 cm³/mol. The summed E-state index contributed by atoms with van der Waals surface area (Å²) in [6.45, 7) is 0. The van der Waals surface area contributed by atoms with E-state index in [2.05, 4.69) is 12.3 Å². The molecule has 0 bridgehead atoms. The Bertz CT molecular complexity index is 155. The topological polar surface area (TPSA) is 0 Å². The van der Waals surface area contributed by atoms with Crippen LogP contribution in [0.3, 0.4) is 0 Å². The zero-order chi connectivity index (χ0) is 5.82. The first-order valence-electron chi connectivity index (χ1n) is 2.43. The van der Waals surface area contributed by atoms with Gasteiger partial charge < -0.3 is 12.4 Å². The number of benzene rings is 1. The number of halogens is 1. The molecule has 3 heteroatoms. The van der Waals surface area contributed by atoms with Gasteiger partial charge in [0.2, 0.25) is 0 Å². The Balaban J connectivity index is 0. The van der Waals surface area contributed by atoms with Gasteiger partial charge in [-0.1, -0.05) is 0 Å². The summed E-state index contributed by atoms with van der Waals surface area (Å²) >= 11 is 1.75. The van der Waals surface area contributed by atoms with Crippen molar-refractivity contribution in [3.8, 4) is 0 Å². The second kappa shape index (κ2) is 7.73. The summed E-state index contributed by atoms with van der Waals surface area (Å²) in [5, 5.41) is 0. The molecular weight excluding hydrogens is 176 g/mol. The molecule has 1 aromatic carbocycles. The largest absolute Gasteiger partial charge is 2.00 e. The second-order valence-electron chi connectivity index (χ2n) is 1.44. The van der Waals surface area contributed by atoms with Crippen LogP contribution in [0.15, 0.2) is 29.2 Å². The van der Waals surface area contributed by atoms with Crippen LogP contribution in [0.1, 0.15) is 0 Å². The minimum atomic E-state index is 0. The van der Waals surface area contributed by atoms with Crippen LogP contribution in [-0.4, -0.2) is 29.3 Å². The van der Waals surface area contributed by atoms with Crippen LogP contribution < -0.4 is 12.4 Å². The Morgan fingerprint density at radius 2 is 1.80 bits per heavy atom. The van der Waals surface area contributed by atoms with E-state index in [0.29, 0.717) is 0 Å². The molecule has 0 aliphatic rings. The van der Waals surface area contributed by atoms with Crippen molar-refractivity contribution in [3.05, 3.63) is 30.3 Å². The van der Waals surface area contributed by atoms with Crippen LogP contribution in [0, 0.1) is 6.07 Å². The fraction of sp³-hybridized carbons (Fsp3) is 0.143. The van der Waals surface area contributed by atoms with Gasteiger partial charge in [-0.15, -0.1) is 4.90 Å². The van der Waals surface area contributed by atoms with E-state index in [1.54, 1.807) is 11.8 Å². The molecule has 0 unspecified atom stereocenters. The first kappa shape index (κ1) is 13.2.